The van der Waals surface area contributed by atoms with Crippen molar-refractivity contribution in [2.45, 2.75) is 68.7 Å². The molecule has 2 aromatic rings. The number of hydrogen-bond acceptors (Lipinski definition) is 5. The predicted octanol–water partition coefficient (Wildman–Crippen LogP) is 3.30. The number of aryl methyl sites for hydroxylation is 2. The van der Waals surface area contributed by atoms with E-state index in [4.69, 9.17) is 4.52 Å². The Morgan fingerprint density at radius 1 is 1.19 bits per heavy atom. The molecule has 0 spiro atoms. The molecule has 2 fully saturated rings. The third kappa shape index (κ3) is 3.55. The maximum atomic E-state index is 13.0. The van der Waals surface area contributed by atoms with Gasteiger partial charge >= 0.3 is 0 Å². The average Bonchev–Trinajstić information content (AvgIpc) is 3.20. The zero-order chi connectivity index (χ0) is 18.1. The normalized spacial score (nSPS) is 21.3. The van der Waals surface area contributed by atoms with Crippen LogP contribution in [0.2, 0.25) is 0 Å². The lowest BCUT2D eigenvalue weighted by molar-refractivity contribution is 0.357. The molecule has 2 heterocycles. The molecular weight excluding hydrogens is 350 g/mol. The maximum Gasteiger partial charge on any atom is 0.243 e. The van der Waals surface area contributed by atoms with Crippen molar-refractivity contribution in [3.8, 4) is 0 Å². The number of hydrogen-bond donors (Lipinski definition) is 0. The van der Waals surface area contributed by atoms with E-state index < -0.39 is 10.0 Å². The van der Waals surface area contributed by atoms with Gasteiger partial charge in [-0.15, -0.1) is 0 Å². The first-order valence-corrected chi connectivity index (χ1v) is 10.9. The van der Waals surface area contributed by atoms with E-state index >= 15 is 0 Å². The molecule has 140 valence electrons. The molecule has 1 aliphatic heterocycles. The Balaban J connectivity index is 1.44. The van der Waals surface area contributed by atoms with Crippen LogP contribution in [0.25, 0.3) is 0 Å². The molecule has 26 heavy (non-hydrogen) atoms. The Kier molecular flexibility index (Phi) is 4.84. The van der Waals surface area contributed by atoms with Crippen LogP contribution in [-0.2, 0) is 22.9 Å². The number of nitrogens with zero attached hydrogens (tertiary/aromatic N) is 3. The van der Waals surface area contributed by atoms with Crippen LogP contribution >= 0.6 is 0 Å². The standard InChI is InChI=1S/C19H25N3O3S/c1-2-14-5-10-17(11-6-14)26(23,24)22-13-3-4-16(22)9-12-18-20-19(25-21-18)15-7-8-15/h5-6,10-11,15-16H,2-4,7-9,12-13H2,1H3. The topological polar surface area (TPSA) is 76.3 Å². The van der Waals surface area contributed by atoms with Gasteiger partial charge in [0.15, 0.2) is 5.82 Å². The molecule has 0 N–H and O–H groups in total. The van der Waals surface area contributed by atoms with Gasteiger partial charge in [0, 0.05) is 24.9 Å². The fourth-order valence-corrected chi connectivity index (χ4v) is 5.33. The van der Waals surface area contributed by atoms with Crippen LogP contribution in [0.3, 0.4) is 0 Å². The van der Waals surface area contributed by atoms with Gasteiger partial charge in [-0.25, -0.2) is 8.42 Å². The first-order chi connectivity index (χ1) is 12.6. The highest BCUT2D eigenvalue weighted by molar-refractivity contribution is 7.89. The van der Waals surface area contributed by atoms with E-state index in [1.54, 1.807) is 16.4 Å². The van der Waals surface area contributed by atoms with Crippen molar-refractivity contribution in [3.05, 3.63) is 41.5 Å². The van der Waals surface area contributed by atoms with Gasteiger partial charge in [-0.3, -0.25) is 0 Å². The lowest BCUT2D eigenvalue weighted by atomic mass is 10.1. The van der Waals surface area contributed by atoms with E-state index in [1.165, 1.54) is 0 Å². The first kappa shape index (κ1) is 17.7. The summed E-state index contributed by atoms with van der Waals surface area (Å²) in [7, 11) is -3.45. The van der Waals surface area contributed by atoms with Gasteiger partial charge in [-0.05, 0) is 56.2 Å². The second kappa shape index (κ2) is 7.12. The van der Waals surface area contributed by atoms with Crippen LogP contribution in [0, 0.1) is 0 Å². The van der Waals surface area contributed by atoms with E-state index in [0.29, 0.717) is 29.6 Å². The molecule has 1 unspecified atom stereocenters. The fraction of sp³-hybridized carbons (Fsp3) is 0.579. The van der Waals surface area contributed by atoms with Gasteiger partial charge in [0.25, 0.3) is 0 Å². The molecule has 0 bridgehead atoms. The number of benzene rings is 1. The second-order valence-corrected chi connectivity index (χ2v) is 9.16. The number of sulfonamides is 1. The Bertz CT molecular complexity index is 856. The minimum Gasteiger partial charge on any atom is -0.339 e. The molecule has 6 nitrogen and oxygen atoms in total. The van der Waals surface area contributed by atoms with Crippen LogP contribution in [-0.4, -0.2) is 35.5 Å². The minimum atomic E-state index is -3.45. The molecule has 1 atom stereocenters. The van der Waals surface area contributed by atoms with E-state index in [9.17, 15) is 8.42 Å². The van der Waals surface area contributed by atoms with E-state index in [0.717, 1.165) is 50.0 Å². The van der Waals surface area contributed by atoms with Crippen molar-refractivity contribution < 1.29 is 12.9 Å². The Labute approximate surface area is 154 Å². The lowest BCUT2D eigenvalue weighted by Gasteiger charge is -2.23. The molecule has 0 amide bonds. The molecule has 7 heteroatoms. The predicted molar refractivity (Wildman–Crippen MR) is 97.3 cm³/mol. The molecule has 1 saturated carbocycles. The molecule has 1 aliphatic carbocycles. The summed E-state index contributed by atoms with van der Waals surface area (Å²) in [6, 6.07) is 7.26. The monoisotopic (exact) mass is 375 g/mol. The van der Waals surface area contributed by atoms with Gasteiger partial charge < -0.3 is 4.52 Å². The van der Waals surface area contributed by atoms with Crippen molar-refractivity contribution in [1.29, 1.82) is 0 Å². The Morgan fingerprint density at radius 3 is 2.65 bits per heavy atom. The quantitative estimate of drug-likeness (QED) is 0.742. The lowest BCUT2D eigenvalue weighted by Crippen LogP contribution is -2.35. The summed E-state index contributed by atoms with van der Waals surface area (Å²) in [5.41, 5.74) is 1.14. The van der Waals surface area contributed by atoms with E-state index in [2.05, 4.69) is 17.1 Å². The summed E-state index contributed by atoms with van der Waals surface area (Å²) in [5.74, 6) is 1.89. The molecule has 2 aliphatic rings. The molecule has 0 radical (unpaired) electrons. The highest BCUT2D eigenvalue weighted by atomic mass is 32.2. The molecule has 1 aromatic heterocycles. The second-order valence-electron chi connectivity index (χ2n) is 7.27. The van der Waals surface area contributed by atoms with Crippen LogP contribution in [0.4, 0.5) is 0 Å². The van der Waals surface area contributed by atoms with Crippen molar-refractivity contribution in [2.75, 3.05) is 6.54 Å². The van der Waals surface area contributed by atoms with Gasteiger partial charge in [-0.1, -0.05) is 24.2 Å². The largest absolute Gasteiger partial charge is 0.339 e. The zero-order valence-electron chi connectivity index (χ0n) is 15.1. The van der Waals surface area contributed by atoms with Gasteiger partial charge in [0.2, 0.25) is 15.9 Å². The third-order valence-corrected chi connectivity index (χ3v) is 7.34. The highest BCUT2D eigenvalue weighted by Crippen LogP contribution is 2.39. The number of aromatic nitrogens is 2. The molecule has 1 saturated heterocycles. The SMILES string of the molecule is CCc1ccc(S(=O)(=O)N2CCCC2CCc2noc(C3CC3)n2)cc1. The van der Waals surface area contributed by atoms with Gasteiger partial charge in [0.05, 0.1) is 4.90 Å². The van der Waals surface area contributed by atoms with Crippen LogP contribution in [0.15, 0.2) is 33.7 Å². The van der Waals surface area contributed by atoms with E-state index in [-0.39, 0.29) is 6.04 Å². The summed E-state index contributed by atoms with van der Waals surface area (Å²) in [4.78, 5) is 4.84. The Morgan fingerprint density at radius 2 is 1.96 bits per heavy atom. The summed E-state index contributed by atoms with van der Waals surface area (Å²) < 4.78 is 33.0. The molecule has 1 aromatic carbocycles. The summed E-state index contributed by atoms with van der Waals surface area (Å²) in [6.07, 6.45) is 6.34. The fourth-order valence-electron chi connectivity index (χ4n) is 3.61. The molecular formula is C19H25N3O3S. The van der Waals surface area contributed by atoms with Crippen molar-refractivity contribution in [3.63, 3.8) is 0 Å². The summed E-state index contributed by atoms with van der Waals surface area (Å²) in [6.45, 7) is 2.65. The van der Waals surface area contributed by atoms with Crippen LogP contribution in [0.1, 0.15) is 62.2 Å². The average molecular weight is 375 g/mol. The highest BCUT2D eigenvalue weighted by Gasteiger charge is 2.35. The van der Waals surface area contributed by atoms with Crippen molar-refractivity contribution in [2.24, 2.45) is 0 Å². The maximum absolute atomic E-state index is 13.0. The van der Waals surface area contributed by atoms with Crippen LogP contribution < -0.4 is 0 Å². The number of rotatable bonds is 7. The Hall–Kier alpha value is -1.73. The van der Waals surface area contributed by atoms with Crippen molar-refractivity contribution >= 4 is 10.0 Å². The summed E-state index contributed by atoms with van der Waals surface area (Å²) in [5, 5.41) is 4.05. The smallest absolute Gasteiger partial charge is 0.243 e. The van der Waals surface area contributed by atoms with Crippen molar-refractivity contribution in [1.82, 2.24) is 14.4 Å². The first-order valence-electron chi connectivity index (χ1n) is 9.51. The van der Waals surface area contributed by atoms with Crippen LogP contribution in [0.5, 0.6) is 0 Å². The zero-order valence-corrected chi connectivity index (χ0v) is 15.9. The minimum absolute atomic E-state index is 0.00808. The summed E-state index contributed by atoms with van der Waals surface area (Å²) >= 11 is 0. The van der Waals surface area contributed by atoms with Gasteiger partial charge in [0.1, 0.15) is 0 Å². The third-order valence-electron chi connectivity index (χ3n) is 5.37. The van der Waals surface area contributed by atoms with Gasteiger partial charge in [-0.2, -0.15) is 9.29 Å². The molecule has 4 rings (SSSR count). The van der Waals surface area contributed by atoms with E-state index in [1.807, 2.05) is 12.1 Å².